The first-order valence-corrected chi connectivity index (χ1v) is 9.33. The molecule has 5 rings (SSSR count). The van der Waals surface area contributed by atoms with Crippen molar-refractivity contribution >= 4 is 29.0 Å². The van der Waals surface area contributed by atoms with E-state index in [0.29, 0.717) is 11.8 Å². The van der Waals surface area contributed by atoms with Crippen molar-refractivity contribution in [3.63, 3.8) is 0 Å². The zero-order chi connectivity index (χ0) is 13.5. The lowest BCUT2D eigenvalue weighted by molar-refractivity contribution is -0.122. The van der Waals surface area contributed by atoms with Crippen LogP contribution in [0.5, 0.6) is 0 Å². The van der Waals surface area contributed by atoms with E-state index < -0.39 is 0 Å². The minimum atomic E-state index is 0.169. The van der Waals surface area contributed by atoms with E-state index in [2.05, 4.69) is 15.5 Å². The van der Waals surface area contributed by atoms with E-state index in [1.165, 1.54) is 55.2 Å². The fourth-order valence-corrected chi connectivity index (χ4v) is 6.04. The van der Waals surface area contributed by atoms with Gasteiger partial charge in [-0.3, -0.25) is 4.79 Å². The first-order chi connectivity index (χ1) is 9.78. The van der Waals surface area contributed by atoms with Crippen LogP contribution < -0.4 is 5.32 Å². The van der Waals surface area contributed by atoms with E-state index in [1.54, 1.807) is 5.51 Å². The topological polar surface area (TPSA) is 54.9 Å². The van der Waals surface area contributed by atoms with E-state index in [1.807, 2.05) is 0 Å². The van der Waals surface area contributed by atoms with Gasteiger partial charge < -0.3 is 5.32 Å². The molecule has 0 atom stereocenters. The van der Waals surface area contributed by atoms with E-state index in [9.17, 15) is 4.79 Å². The second-order valence-electron chi connectivity index (χ2n) is 6.52. The molecule has 0 spiro atoms. The zero-order valence-corrected chi connectivity index (χ0v) is 13.0. The number of hydrogen-bond acceptors (Lipinski definition) is 5. The Morgan fingerprint density at radius 3 is 2.55 bits per heavy atom. The maximum absolute atomic E-state index is 12.2. The van der Waals surface area contributed by atoms with Crippen LogP contribution >= 0.6 is 23.1 Å². The van der Waals surface area contributed by atoms with Crippen molar-refractivity contribution in [1.29, 1.82) is 0 Å². The average molecular weight is 309 g/mol. The van der Waals surface area contributed by atoms with E-state index >= 15 is 0 Å². The van der Waals surface area contributed by atoms with Gasteiger partial charge in [0.25, 0.3) is 0 Å². The van der Waals surface area contributed by atoms with Crippen LogP contribution in [0.4, 0.5) is 0 Å². The molecule has 0 aliphatic heterocycles. The number of nitrogens with zero attached hydrogens (tertiary/aromatic N) is 2. The molecule has 108 valence electrons. The van der Waals surface area contributed by atoms with Gasteiger partial charge in [0.05, 0.1) is 5.75 Å². The third-order valence-electron chi connectivity index (χ3n) is 5.22. The number of amides is 1. The minimum Gasteiger partial charge on any atom is -0.352 e. The Bertz CT molecular complexity index is 463. The van der Waals surface area contributed by atoms with Gasteiger partial charge in [-0.1, -0.05) is 23.1 Å². The molecule has 0 unspecified atom stereocenters. The van der Waals surface area contributed by atoms with Crippen molar-refractivity contribution in [3.05, 3.63) is 5.51 Å². The van der Waals surface area contributed by atoms with E-state index in [0.717, 1.165) is 28.0 Å². The van der Waals surface area contributed by atoms with Gasteiger partial charge in [0.15, 0.2) is 4.34 Å². The number of thioether (sulfide) groups is 1. The van der Waals surface area contributed by atoms with Gasteiger partial charge in [0.1, 0.15) is 5.51 Å². The van der Waals surface area contributed by atoms with Gasteiger partial charge in [-0.05, 0) is 55.8 Å². The summed E-state index contributed by atoms with van der Waals surface area (Å²) < 4.78 is 0.880. The minimum absolute atomic E-state index is 0.169. The average Bonchev–Trinajstić information content (AvgIpc) is 2.93. The maximum atomic E-state index is 12.2. The molecule has 4 saturated carbocycles. The Hall–Kier alpha value is -0.620. The summed E-state index contributed by atoms with van der Waals surface area (Å²) in [6, 6.07) is 0.449. The van der Waals surface area contributed by atoms with Crippen LogP contribution in [-0.2, 0) is 4.79 Å². The molecule has 0 aromatic carbocycles. The van der Waals surface area contributed by atoms with Crippen molar-refractivity contribution in [1.82, 2.24) is 15.5 Å². The van der Waals surface area contributed by atoms with Gasteiger partial charge >= 0.3 is 0 Å². The second kappa shape index (κ2) is 5.30. The lowest BCUT2D eigenvalue weighted by atomic mass is 9.54. The fraction of sp³-hybridized carbons (Fsp3) is 0.786. The standard InChI is InChI=1S/C14H19N3OS2/c18-12(6-19-14-17-15-7-20-14)16-13-10-2-8-1-9(4-10)5-11(13)3-8/h7-11,13H,1-6H2,(H,16,18). The van der Waals surface area contributed by atoms with Gasteiger partial charge in [0.2, 0.25) is 5.91 Å². The van der Waals surface area contributed by atoms with Crippen molar-refractivity contribution in [2.75, 3.05) is 5.75 Å². The summed E-state index contributed by atoms with van der Waals surface area (Å²) in [7, 11) is 0. The first-order valence-electron chi connectivity index (χ1n) is 7.46. The Kier molecular flexibility index (Phi) is 3.46. The highest BCUT2D eigenvalue weighted by molar-refractivity contribution is 8.01. The third-order valence-corrected chi connectivity index (χ3v) is 7.08. The molecule has 1 aromatic rings. The van der Waals surface area contributed by atoms with Gasteiger partial charge in [-0.2, -0.15) is 0 Å². The number of rotatable bonds is 4. The van der Waals surface area contributed by atoms with Crippen LogP contribution in [0.2, 0.25) is 0 Å². The summed E-state index contributed by atoms with van der Waals surface area (Å²) in [6.07, 6.45) is 6.85. The zero-order valence-electron chi connectivity index (χ0n) is 11.3. The summed E-state index contributed by atoms with van der Waals surface area (Å²) in [4.78, 5) is 12.2. The summed E-state index contributed by atoms with van der Waals surface area (Å²) in [5, 5.41) is 11.1. The van der Waals surface area contributed by atoms with E-state index in [-0.39, 0.29) is 5.91 Å². The summed E-state index contributed by atoms with van der Waals surface area (Å²) in [5.74, 6) is 4.06. The molecule has 4 bridgehead atoms. The quantitative estimate of drug-likeness (QED) is 0.869. The molecule has 4 aliphatic carbocycles. The highest BCUT2D eigenvalue weighted by Gasteiger charge is 2.48. The Balaban J connectivity index is 1.33. The first kappa shape index (κ1) is 13.1. The molecule has 4 fully saturated rings. The molecule has 1 amide bonds. The number of carbonyl (C=O) groups excluding carboxylic acids is 1. The SMILES string of the molecule is O=C(CSc1nncs1)NC1C2CC3CC(C2)CC1C3. The molecule has 6 heteroatoms. The van der Waals surface area contributed by atoms with Crippen LogP contribution in [0.25, 0.3) is 0 Å². The highest BCUT2D eigenvalue weighted by atomic mass is 32.2. The van der Waals surface area contributed by atoms with Crippen molar-refractivity contribution in [2.45, 2.75) is 42.5 Å². The largest absolute Gasteiger partial charge is 0.352 e. The van der Waals surface area contributed by atoms with Gasteiger partial charge in [0, 0.05) is 6.04 Å². The monoisotopic (exact) mass is 309 g/mol. The molecule has 20 heavy (non-hydrogen) atoms. The molecule has 1 N–H and O–H groups in total. The summed E-state index contributed by atoms with van der Waals surface area (Å²) >= 11 is 2.99. The second-order valence-corrected chi connectivity index (χ2v) is 8.57. The van der Waals surface area contributed by atoms with Gasteiger partial charge in [-0.15, -0.1) is 10.2 Å². The van der Waals surface area contributed by atoms with Gasteiger partial charge in [-0.25, -0.2) is 0 Å². The number of nitrogens with one attached hydrogen (secondary N) is 1. The molecule has 4 nitrogen and oxygen atoms in total. The Morgan fingerprint density at radius 1 is 1.25 bits per heavy atom. The van der Waals surface area contributed by atoms with Crippen LogP contribution in [0.15, 0.2) is 9.85 Å². The molecule has 0 saturated heterocycles. The van der Waals surface area contributed by atoms with Crippen LogP contribution in [0.3, 0.4) is 0 Å². The molecular weight excluding hydrogens is 290 g/mol. The van der Waals surface area contributed by atoms with Crippen molar-refractivity contribution in [3.8, 4) is 0 Å². The van der Waals surface area contributed by atoms with E-state index in [4.69, 9.17) is 0 Å². The number of hydrogen-bond donors (Lipinski definition) is 1. The Morgan fingerprint density at radius 2 is 1.95 bits per heavy atom. The lowest BCUT2D eigenvalue weighted by Gasteiger charge is -2.54. The highest BCUT2D eigenvalue weighted by Crippen LogP contribution is 2.53. The molecule has 1 heterocycles. The summed E-state index contributed by atoms with van der Waals surface area (Å²) in [6.45, 7) is 0. The van der Waals surface area contributed by atoms with Crippen LogP contribution in [-0.4, -0.2) is 27.9 Å². The predicted molar refractivity (Wildman–Crippen MR) is 79.6 cm³/mol. The Labute approximate surface area is 127 Å². The molecule has 1 aromatic heterocycles. The van der Waals surface area contributed by atoms with Crippen LogP contribution in [0, 0.1) is 23.7 Å². The fourth-order valence-electron chi connectivity index (χ4n) is 4.74. The maximum Gasteiger partial charge on any atom is 0.230 e. The lowest BCUT2D eigenvalue weighted by Crippen LogP contribution is -2.56. The van der Waals surface area contributed by atoms with Crippen molar-refractivity contribution in [2.24, 2.45) is 23.7 Å². The van der Waals surface area contributed by atoms with Crippen molar-refractivity contribution < 1.29 is 4.79 Å². The number of aromatic nitrogens is 2. The smallest absolute Gasteiger partial charge is 0.230 e. The predicted octanol–water partition coefficient (Wildman–Crippen LogP) is 2.57. The van der Waals surface area contributed by atoms with Crippen LogP contribution in [0.1, 0.15) is 32.1 Å². The number of carbonyl (C=O) groups is 1. The summed E-state index contributed by atoms with van der Waals surface area (Å²) in [5.41, 5.74) is 1.71. The molecule has 4 aliphatic rings. The molecular formula is C14H19N3OS2. The molecule has 0 radical (unpaired) electrons. The third kappa shape index (κ3) is 2.48. The normalized spacial score (nSPS) is 38.1.